The Hall–Kier alpha value is -2.67. The summed E-state index contributed by atoms with van der Waals surface area (Å²) in [7, 11) is 0. The Labute approximate surface area is 302 Å². The zero-order valence-corrected chi connectivity index (χ0v) is 32.1. The molecule has 4 fully saturated rings. The van der Waals surface area contributed by atoms with Crippen LogP contribution in [0.4, 0.5) is 17.8 Å². The summed E-state index contributed by atoms with van der Waals surface area (Å²) in [6.45, 7) is 18.3. The molecular formula is C39H64N8O3. The molecule has 3 heterocycles. The van der Waals surface area contributed by atoms with Crippen LogP contribution in [0.3, 0.4) is 0 Å². The number of hydrogen-bond donors (Lipinski definition) is 3. The van der Waals surface area contributed by atoms with Crippen molar-refractivity contribution in [2.24, 2.45) is 0 Å². The van der Waals surface area contributed by atoms with E-state index >= 15 is 0 Å². The number of piperidine rings is 2. The molecule has 11 heteroatoms. The third-order valence-electron chi connectivity index (χ3n) is 11.0. The number of rotatable bonds is 11. The Morgan fingerprint density at radius 2 is 1.22 bits per heavy atom. The monoisotopic (exact) mass is 693 g/mol. The zero-order chi connectivity index (χ0) is 36.2. The number of aromatic nitrogens is 3. The number of nitrogens with zero attached hydrogens (tertiary/aromatic N) is 6. The van der Waals surface area contributed by atoms with Gasteiger partial charge in [-0.15, -0.1) is 6.42 Å². The fourth-order valence-corrected chi connectivity index (χ4v) is 9.33. The zero-order valence-electron chi connectivity index (χ0n) is 32.1. The van der Waals surface area contributed by atoms with Crippen LogP contribution < -0.4 is 15.5 Å². The summed E-state index contributed by atoms with van der Waals surface area (Å²) in [6, 6.07) is 3.28. The van der Waals surface area contributed by atoms with Crippen molar-refractivity contribution in [2.75, 3.05) is 28.7 Å². The second kappa shape index (κ2) is 15.9. The van der Waals surface area contributed by atoms with Crippen molar-refractivity contribution in [3.63, 3.8) is 0 Å². The minimum absolute atomic E-state index is 0.0361. The quantitative estimate of drug-likeness (QED) is 0.171. The number of hydrogen-bond acceptors (Lipinski definition) is 11. The lowest BCUT2D eigenvalue weighted by atomic mass is 9.78. The van der Waals surface area contributed by atoms with Crippen molar-refractivity contribution >= 4 is 17.8 Å². The lowest BCUT2D eigenvalue weighted by Crippen LogP contribution is -2.64. The molecule has 2 aliphatic carbocycles. The summed E-state index contributed by atoms with van der Waals surface area (Å²) >= 11 is 0. The van der Waals surface area contributed by atoms with E-state index in [0.717, 1.165) is 51.4 Å². The molecule has 3 N–H and O–H groups in total. The Bertz CT molecular complexity index is 1350. The smallest absolute Gasteiger partial charge is 0.244 e. The maximum absolute atomic E-state index is 9.63. The van der Waals surface area contributed by atoms with Gasteiger partial charge >= 0.3 is 0 Å². The number of aliphatic hydroxyl groups excluding tert-OH is 1. The molecule has 278 valence electrons. The second-order valence-electron chi connectivity index (χ2n) is 17.6. The van der Waals surface area contributed by atoms with Crippen LogP contribution in [0.15, 0.2) is 0 Å². The van der Waals surface area contributed by atoms with Crippen LogP contribution in [-0.4, -0.2) is 89.8 Å². The molecule has 2 saturated carbocycles. The summed E-state index contributed by atoms with van der Waals surface area (Å²) in [5.41, 5.74) is -0.979. The number of anilines is 3. The van der Waals surface area contributed by atoms with Gasteiger partial charge in [-0.2, -0.15) is 25.1 Å². The summed E-state index contributed by atoms with van der Waals surface area (Å²) in [4.78, 5) is 30.1. The number of terminal acetylenes is 1. The van der Waals surface area contributed by atoms with Crippen molar-refractivity contribution in [2.45, 2.75) is 192 Å². The minimum atomic E-state index is -0.281. The third kappa shape index (κ3) is 9.40. The van der Waals surface area contributed by atoms with Crippen molar-refractivity contribution in [3.8, 4) is 24.3 Å². The van der Waals surface area contributed by atoms with Crippen molar-refractivity contribution < 1.29 is 14.8 Å². The molecule has 50 heavy (non-hydrogen) atoms. The maximum Gasteiger partial charge on any atom is 0.244 e. The highest BCUT2D eigenvalue weighted by Crippen LogP contribution is 2.44. The average molecular weight is 693 g/mol. The molecule has 0 bridgehead atoms. The molecular weight excluding hydrogens is 628 g/mol. The lowest BCUT2D eigenvalue weighted by Gasteiger charge is -2.55. The first-order chi connectivity index (χ1) is 23.6. The Kier molecular flexibility index (Phi) is 12.3. The van der Waals surface area contributed by atoms with Gasteiger partial charge in [0.1, 0.15) is 0 Å². The fourth-order valence-electron chi connectivity index (χ4n) is 9.33. The fraction of sp³-hybridized carbons (Fsp3) is 0.821. The lowest BCUT2D eigenvalue weighted by molar-refractivity contribution is -0.309. The maximum atomic E-state index is 9.63. The summed E-state index contributed by atoms with van der Waals surface area (Å²) < 4.78 is 0. The number of aliphatic hydroxyl groups is 1. The molecule has 0 amide bonds. The van der Waals surface area contributed by atoms with Gasteiger partial charge < -0.3 is 15.7 Å². The largest absolute Gasteiger partial charge is 0.395 e. The van der Waals surface area contributed by atoms with Crippen LogP contribution in [-0.2, 0) is 9.68 Å². The van der Waals surface area contributed by atoms with Crippen molar-refractivity contribution in [1.82, 2.24) is 25.1 Å². The molecule has 2 aliphatic heterocycles. The van der Waals surface area contributed by atoms with Gasteiger partial charge in [0.05, 0.1) is 18.8 Å². The van der Waals surface area contributed by atoms with Crippen LogP contribution in [0.5, 0.6) is 0 Å². The predicted molar refractivity (Wildman–Crippen MR) is 200 cm³/mol. The molecule has 11 nitrogen and oxygen atoms in total. The van der Waals surface area contributed by atoms with Gasteiger partial charge in [0.15, 0.2) is 0 Å². The summed E-state index contributed by atoms with van der Waals surface area (Å²) in [5, 5.41) is 21.0. The minimum Gasteiger partial charge on any atom is -0.395 e. The van der Waals surface area contributed by atoms with Crippen LogP contribution in [0.2, 0.25) is 0 Å². The molecule has 1 aromatic heterocycles. The van der Waals surface area contributed by atoms with Gasteiger partial charge in [0.25, 0.3) is 0 Å². The molecule has 0 atom stereocenters. The van der Waals surface area contributed by atoms with Crippen LogP contribution in [0.1, 0.15) is 145 Å². The van der Waals surface area contributed by atoms with Gasteiger partial charge in [-0.1, -0.05) is 38.5 Å². The van der Waals surface area contributed by atoms with Crippen molar-refractivity contribution in [1.29, 1.82) is 0 Å². The van der Waals surface area contributed by atoms with E-state index in [9.17, 15) is 5.11 Å². The third-order valence-corrected chi connectivity index (χ3v) is 11.0. The number of hydroxylamine groups is 4. The van der Waals surface area contributed by atoms with Gasteiger partial charge in [-0.25, -0.2) is 0 Å². The molecule has 0 spiro atoms. The van der Waals surface area contributed by atoms with Gasteiger partial charge in [-0.3, -0.25) is 14.6 Å². The van der Waals surface area contributed by atoms with E-state index in [-0.39, 0.29) is 53.1 Å². The van der Waals surface area contributed by atoms with E-state index < -0.39 is 0 Å². The summed E-state index contributed by atoms with van der Waals surface area (Å²) in [6.07, 6.45) is 21.5. The molecule has 5 rings (SSSR count). The van der Waals surface area contributed by atoms with E-state index in [1.165, 1.54) is 38.5 Å². The van der Waals surface area contributed by atoms with Crippen LogP contribution in [0.25, 0.3) is 0 Å². The van der Waals surface area contributed by atoms with Crippen molar-refractivity contribution in [3.05, 3.63) is 0 Å². The van der Waals surface area contributed by atoms with E-state index in [0.29, 0.717) is 24.4 Å². The second-order valence-corrected chi connectivity index (χ2v) is 17.6. The van der Waals surface area contributed by atoms with Gasteiger partial charge in [0.2, 0.25) is 17.8 Å². The molecule has 0 aromatic carbocycles. The van der Waals surface area contributed by atoms with Crippen LogP contribution in [0, 0.1) is 24.3 Å². The Morgan fingerprint density at radius 1 is 0.740 bits per heavy atom. The first-order valence-electron chi connectivity index (χ1n) is 19.2. The van der Waals surface area contributed by atoms with E-state index in [4.69, 9.17) is 31.1 Å². The SMILES string of the molecule is C#CC#CN(c1nc(NCCO)nc(NC2CC(C)(C)N(OC3CCCCC3)C(C)(C)C2)n1)C1CC(C)(C)N(OC2CCCCC2)C(C)(C)C1. The molecule has 0 radical (unpaired) electrons. The van der Waals surface area contributed by atoms with E-state index in [1.807, 2.05) is 4.90 Å². The molecule has 4 aliphatic rings. The highest BCUT2D eigenvalue weighted by atomic mass is 16.7. The molecule has 0 unspecified atom stereocenters. The Balaban J connectivity index is 1.40. The standard InChI is InChI=1S/C39H64N8O3/c1-10-11-23-45(30-27-38(6,7)47(39(8,9)28-30)50-32-20-16-13-17-21-32)35-43-33(40-22-24-48)42-34(44-35)41-29-25-36(2,3)46(37(4,5)26-29)49-31-18-14-12-15-19-31/h1,29-32,48H,12-22,24-28H2,2-9H3,(H2,40,41,42,43,44). The average Bonchev–Trinajstić information content (AvgIpc) is 3.04. The van der Waals surface area contributed by atoms with E-state index in [2.05, 4.69) is 94.0 Å². The Morgan fingerprint density at radius 3 is 1.70 bits per heavy atom. The van der Waals surface area contributed by atoms with Gasteiger partial charge in [-0.05, 0) is 113 Å². The predicted octanol–water partition coefficient (Wildman–Crippen LogP) is 6.66. The first kappa shape index (κ1) is 38.6. The number of nitrogens with one attached hydrogen (secondary N) is 2. The topological polar surface area (TPSA) is 111 Å². The normalized spacial score (nSPS) is 24.9. The highest BCUT2D eigenvalue weighted by molar-refractivity contribution is 5.50. The van der Waals surface area contributed by atoms with Gasteiger partial charge in [0, 0.05) is 52.7 Å². The first-order valence-corrected chi connectivity index (χ1v) is 19.2. The highest BCUT2D eigenvalue weighted by Gasteiger charge is 2.50. The summed E-state index contributed by atoms with van der Waals surface area (Å²) in [5.74, 6) is 6.64. The molecule has 2 saturated heterocycles. The van der Waals surface area contributed by atoms with Crippen LogP contribution >= 0.6 is 0 Å². The van der Waals surface area contributed by atoms with E-state index in [1.54, 1.807) is 0 Å². The molecule has 1 aromatic rings.